The number of nitrogens with two attached hydrogens (primary N) is 1. The van der Waals surface area contributed by atoms with Crippen LogP contribution < -0.4 is 5.73 Å². The Morgan fingerprint density at radius 1 is 1.18 bits per heavy atom. The molecule has 0 atom stereocenters. The van der Waals surface area contributed by atoms with Crippen LogP contribution >= 0.6 is 0 Å². The van der Waals surface area contributed by atoms with Gasteiger partial charge in [-0.1, -0.05) is 11.3 Å². The van der Waals surface area contributed by atoms with Crippen LogP contribution in [0.5, 0.6) is 0 Å². The van der Waals surface area contributed by atoms with Crippen molar-refractivity contribution in [1.82, 2.24) is 20.0 Å². The summed E-state index contributed by atoms with van der Waals surface area (Å²) in [5, 5.41) is 8.95. The Balaban J connectivity index is 2.34. The lowest BCUT2D eigenvalue weighted by molar-refractivity contribution is 0.790. The molecule has 84 valence electrons. The minimum Gasteiger partial charge on any atom is -0.381 e. The molecule has 0 amide bonds. The highest BCUT2D eigenvalue weighted by Gasteiger charge is 2.09. The van der Waals surface area contributed by atoms with Crippen molar-refractivity contribution >= 4 is 16.7 Å². The summed E-state index contributed by atoms with van der Waals surface area (Å²) in [6, 6.07) is 9.80. The highest BCUT2D eigenvalue weighted by molar-refractivity contribution is 5.87. The Bertz CT molecular complexity index is 681. The van der Waals surface area contributed by atoms with Crippen LogP contribution in [-0.2, 0) is 0 Å². The molecule has 1 aromatic carbocycles. The van der Waals surface area contributed by atoms with E-state index in [0.29, 0.717) is 5.82 Å². The Morgan fingerprint density at radius 3 is 2.82 bits per heavy atom. The highest BCUT2D eigenvalue weighted by Crippen LogP contribution is 2.21. The molecule has 5 heteroatoms. The maximum Gasteiger partial charge on any atom is 0.169 e. The molecule has 3 aromatic rings. The van der Waals surface area contributed by atoms with Crippen LogP contribution in [0.15, 0.2) is 36.5 Å². The molecule has 0 radical (unpaired) electrons. The van der Waals surface area contributed by atoms with Gasteiger partial charge in [0.25, 0.3) is 0 Å². The van der Waals surface area contributed by atoms with Crippen LogP contribution in [-0.4, -0.2) is 20.0 Å². The summed E-state index contributed by atoms with van der Waals surface area (Å²) in [6.07, 6.45) is 1.77. The van der Waals surface area contributed by atoms with Crippen molar-refractivity contribution < 1.29 is 0 Å². The fourth-order valence-corrected chi connectivity index (χ4v) is 1.84. The van der Waals surface area contributed by atoms with E-state index < -0.39 is 0 Å². The minimum atomic E-state index is 0.450. The first-order valence-corrected chi connectivity index (χ1v) is 5.29. The second-order valence-electron chi connectivity index (χ2n) is 3.82. The topological polar surface area (TPSA) is 69.6 Å². The Morgan fingerprint density at radius 2 is 2.06 bits per heavy atom. The van der Waals surface area contributed by atoms with Crippen molar-refractivity contribution in [2.24, 2.45) is 0 Å². The Hall–Kier alpha value is -2.43. The Labute approximate surface area is 97.9 Å². The number of rotatable bonds is 1. The lowest BCUT2D eigenvalue weighted by Gasteiger charge is -2.06. The molecule has 0 aliphatic rings. The number of nitrogen functional groups attached to an aromatic ring is 1. The van der Waals surface area contributed by atoms with Crippen LogP contribution in [0.4, 0.5) is 5.82 Å². The van der Waals surface area contributed by atoms with Gasteiger partial charge in [0, 0.05) is 11.6 Å². The molecule has 0 spiro atoms. The van der Waals surface area contributed by atoms with Gasteiger partial charge in [-0.2, -0.15) is 0 Å². The highest BCUT2D eigenvalue weighted by atomic mass is 15.4. The summed E-state index contributed by atoms with van der Waals surface area (Å²) in [5.74, 6) is 0.450. The van der Waals surface area contributed by atoms with E-state index in [1.807, 2.05) is 37.3 Å². The number of benzene rings is 1. The Kier molecular flexibility index (Phi) is 2.04. The van der Waals surface area contributed by atoms with Gasteiger partial charge in [0.2, 0.25) is 0 Å². The number of hydrogen-bond acceptors (Lipinski definition) is 4. The van der Waals surface area contributed by atoms with E-state index in [4.69, 9.17) is 5.73 Å². The summed E-state index contributed by atoms with van der Waals surface area (Å²) in [5.41, 5.74) is 8.42. The van der Waals surface area contributed by atoms with Gasteiger partial charge in [-0.3, -0.25) is 4.98 Å². The summed E-state index contributed by atoms with van der Waals surface area (Å²) < 4.78 is 1.74. The maximum absolute atomic E-state index is 5.71. The predicted molar refractivity (Wildman–Crippen MR) is 65.8 cm³/mol. The van der Waals surface area contributed by atoms with Gasteiger partial charge < -0.3 is 5.73 Å². The van der Waals surface area contributed by atoms with E-state index in [9.17, 15) is 0 Å². The minimum absolute atomic E-state index is 0.450. The summed E-state index contributed by atoms with van der Waals surface area (Å²) in [7, 11) is 0. The quantitative estimate of drug-likeness (QED) is 0.684. The molecule has 0 aliphatic carbocycles. The molecular formula is C12H11N5. The second kappa shape index (κ2) is 3.55. The number of pyridine rings is 1. The lowest BCUT2D eigenvalue weighted by Crippen LogP contribution is -2.00. The van der Waals surface area contributed by atoms with Gasteiger partial charge in [0.05, 0.1) is 16.9 Å². The molecule has 3 rings (SSSR count). The smallest absolute Gasteiger partial charge is 0.169 e. The van der Waals surface area contributed by atoms with Crippen molar-refractivity contribution in [3.8, 4) is 5.69 Å². The van der Waals surface area contributed by atoms with Gasteiger partial charge in [-0.05, 0) is 31.2 Å². The number of nitrogens with zero attached hydrogens (tertiary/aromatic N) is 4. The normalized spacial score (nSPS) is 10.9. The van der Waals surface area contributed by atoms with Crippen LogP contribution in [0.25, 0.3) is 16.6 Å². The van der Waals surface area contributed by atoms with Crippen molar-refractivity contribution in [3.05, 3.63) is 42.2 Å². The van der Waals surface area contributed by atoms with Crippen molar-refractivity contribution in [1.29, 1.82) is 0 Å². The first kappa shape index (κ1) is 9.77. The van der Waals surface area contributed by atoms with Crippen molar-refractivity contribution in [3.63, 3.8) is 0 Å². The number of fused-ring (bicyclic) bond motifs is 1. The average Bonchev–Trinajstić information content (AvgIpc) is 2.69. The standard InChI is InChI=1S/C12H11N5/c1-8-12(13)15-16-17(8)11-6-2-5-10-9(11)4-3-7-14-10/h2-7H,13H2,1H3. The van der Waals surface area contributed by atoms with E-state index >= 15 is 0 Å². The third-order valence-electron chi connectivity index (χ3n) is 2.78. The van der Waals surface area contributed by atoms with Gasteiger partial charge in [0.1, 0.15) is 0 Å². The molecule has 2 aromatic heterocycles. The van der Waals surface area contributed by atoms with Crippen LogP contribution in [0.2, 0.25) is 0 Å². The van der Waals surface area contributed by atoms with Gasteiger partial charge >= 0.3 is 0 Å². The number of aromatic nitrogens is 4. The summed E-state index contributed by atoms with van der Waals surface area (Å²) >= 11 is 0. The monoisotopic (exact) mass is 225 g/mol. The molecule has 0 saturated heterocycles. The molecule has 5 nitrogen and oxygen atoms in total. The lowest BCUT2D eigenvalue weighted by atomic mass is 10.2. The third-order valence-corrected chi connectivity index (χ3v) is 2.78. The number of hydrogen-bond donors (Lipinski definition) is 1. The molecule has 0 fully saturated rings. The van der Waals surface area contributed by atoms with Crippen LogP contribution in [0.3, 0.4) is 0 Å². The third kappa shape index (κ3) is 1.44. The van der Waals surface area contributed by atoms with E-state index in [2.05, 4.69) is 15.3 Å². The first-order chi connectivity index (χ1) is 8.27. The average molecular weight is 225 g/mol. The zero-order chi connectivity index (χ0) is 11.8. The molecule has 2 heterocycles. The second-order valence-corrected chi connectivity index (χ2v) is 3.82. The summed E-state index contributed by atoms with van der Waals surface area (Å²) in [4.78, 5) is 4.31. The molecule has 0 bridgehead atoms. The van der Waals surface area contributed by atoms with Crippen molar-refractivity contribution in [2.75, 3.05) is 5.73 Å². The van der Waals surface area contributed by atoms with E-state index in [1.165, 1.54) is 0 Å². The van der Waals surface area contributed by atoms with E-state index in [1.54, 1.807) is 10.9 Å². The molecular weight excluding hydrogens is 214 g/mol. The van der Waals surface area contributed by atoms with Gasteiger partial charge in [0.15, 0.2) is 5.82 Å². The SMILES string of the molecule is Cc1c(N)nnn1-c1cccc2ncccc12. The molecule has 0 aliphatic heterocycles. The van der Waals surface area contributed by atoms with E-state index in [0.717, 1.165) is 22.3 Å². The van der Waals surface area contributed by atoms with Crippen LogP contribution in [0, 0.1) is 6.92 Å². The van der Waals surface area contributed by atoms with Crippen molar-refractivity contribution in [2.45, 2.75) is 6.92 Å². The molecule has 0 saturated carbocycles. The van der Waals surface area contributed by atoms with E-state index in [-0.39, 0.29) is 0 Å². The molecule has 17 heavy (non-hydrogen) atoms. The fourth-order valence-electron chi connectivity index (χ4n) is 1.84. The van der Waals surface area contributed by atoms with Gasteiger partial charge in [-0.15, -0.1) is 5.10 Å². The summed E-state index contributed by atoms with van der Waals surface area (Å²) in [6.45, 7) is 1.89. The largest absolute Gasteiger partial charge is 0.381 e. The first-order valence-electron chi connectivity index (χ1n) is 5.29. The van der Waals surface area contributed by atoms with Gasteiger partial charge in [-0.25, -0.2) is 4.68 Å². The zero-order valence-electron chi connectivity index (χ0n) is 9.33. The molecule has 2 N–H and O–H groups in total. The number of anilines is 1. The maximum atomic E-state index is 5.71. The predicted octanol–water partition coefficient (Wildman–Crippen LogP) is 1.71. The van der Waals surface area contributed by atoms with Crippen LogP contribution in [0.1, 0.15) is 5.69 Å². The fraction of sp³-hybridized carbons (Fsp3) is 0.0833. The molecule has 0 unspecified atom stereocenters. The zero-order valence-corrected chi connectivity index (χ0v) is 9.33.